The molecule has 2 aromatic rings. The first-order chi connectivity index (χ1) is 14.0. The van der Waals surface area contributed by atoms with Crippen LogP contribution >= 0.6 is 0 Å². The number of nitrogens with zero attached hydrogens (tertiary/aromatic N) is 1. The first-order valence-corrected chi connectivity index (χ1v) is 11.3. The molecule has 0 saturated carbocycles. The number of anilines is 1. The maximum absolute atomic E-state index is 12.8. The molecule has 7 nitrogen and oxygen atoms in total. The Morgan fingerprint density at radius 2 is 1.83 bits per heavy atom. The van der Waals surface area contributed by atoms with Crippen LogP contribution in [-0.2, 0) is 21.4 Å². The highest BCUT2D eigenvalue weighted by molar-refractivity contribution is 7.89. The van der Waals surface area contributed by atoms with E-state index >= 15 is 0 Å². The van der Waals surface area contributed by atoms with Crippen molar-refractivity contribution in [1.82, 2.24) is 9.62 Å². The van der Waals surface area contributed by atoms with Gasteiger partial charge < -0.3 is 10.2 Å². The number of carbonyl (C=O) groups is 2. The molecule has 0 radical (unpaired) electrons. The van der Waals surface area contributed by atoms with Crippen LogP contribution in [0.1, 0.15) is 49.5 Å². The van der Waals surface area contributed by atoms with Crippen LogP contribution < -0.4 is 10.0 Å². The summed E-state index contributed by atoms with van der Waals surface area (Å²) in [6, 6.07) is 13.3. The number of benzene rings is 2. The van der Waals surface area contributed by atoms with Gasteiger partial charge in [0.25, 0.3) is 5.91 Å². The Kier molecular flexibility index (Phi) is 6.28. The van der Waals surface area contributed by atoms with E-state index in [1.165, 1.54) is 6.07 Å². The Labute approximate surface area is 177 Å². The van der Waals surface area contributed by atoms with Crippen molar-refractivity contribution in [1.29, 1.82) is 0 Å². The number of sulfonamides is 1. The van der Waals surface area contributed by atoms with Crippen molar-refractivity contribution in [3.63, 3.8) is 0 Å². The van der Waals surface area contributed by atoms with Gasteiger partial charge in [-0.3, -0.25) is 9.59 Å². The molecule has 160 valence electrons. The zero-order valence-electron chi connectivity index (χ0n) is 17.4. The third kappa shape index (κ3) is 5.46. The molecule has 30 heavy (non-hydrogen) atoms. The van der Waals surface area contributed by atoms with Gasteiger partial charge in [0.15, 0.2) is 0 Å². The van der Waals surface area contributed by atoms with Gasteiger partial charge in [0.1, 0.15) is 4.90 Å². The Bertz CT molecular complexity index is 1060. The summed E-state index contributed by atoms with van der Waals surface area (Å²) < 4.78 is 28.1. The maximum atomic E-state index is 12.8. The second-order valence-corrected chi connectivity index (χ2v) is 10.1. The monoisotopic (exact) mass is 429 g/mol. The lowest BCUT2D eigenvalue weighted by Crippen LogP contribution is -2.40. The van der Waals surface area contributed by atoms with Crippen molar-refractivity contribution in [2.24, 2.45) is 0 Å². The molecule has 0 bridgehead atoms. The predicted molar refractivity (Wildman–Crippen MR) is 116 cm³/mol. The quantitative estimate of drug-likeness (QED) is 0.737. The van der Waals surface area contributed by atoms with Crippen LogP contribution in [0.3, 0.4) is 0 Å². The van der Waals surface area contributed by atoms with E-state index in [4.69, 9.17) is 0 Å². The Morgan fingerprint density at radius 1 is 1.10 bits per heavy atom. The molecule has 0 aliphatic carbocycles. The van der Waals surface area contributed by atoms with Crippen LogP contribution in [0.2, 0.25) is 0 Å². The van der Waals surface area contributed by atoms with E-state index in [9.17, 15) is 18.0 Å². The van der Waals surface area contributed by atoms with E-state index < -0.39 is 21.5 Å². The van der Waals surface area contributed by atoms with Gasteiger partial charge in [0, 0.05) is 30.6 Å². The van der Waals surface area contributed by atoms with Crippen LogP contribution in [0.4, 0.5) is 5.69 Å². The van der Waals surface area contributed by atoms with Crippen LogP contribution in [0.25, 0.3) is 0 Å². The standard InChI is InChI=1S/C22H27N3O4S/c1-22(2,3)24-30(28,29)19-11-5-4-10-18(19)23-21(27)17-9-6-8-16(14-17)15-25-13-7-12-20(25)26/h4-6,8-11,14,24H,7,12-13,15H2,1-3H3,(H,23,27). The van der Waals surface area contributed by atoms with E-state index in [2.05, 4.69) is 10.0 Å². The first kappa shape index (κ1) is 22.0. The maximum Gasteiger partial charge on any atom is 0.255 e. The zero-order valence-corrected chi connectivity index (χ0v) is 18.3. The SMILES string of the molecule is CC(C)(C)NS(=O)(=O)c1ccccc1NC(=O)c1cccc(CN2CCCC2=O)c1. The van der Waals surface area contributed by atoms with E-state index in [0.29, 0.717) is 18.5 Å². The summed E-state index contributed by atoms with van der Waals surface area (Å²) in [7, 11) is -3.82. The third-order valence-corrected chi connectivity index (χ3v) is 6.42. The molecule has 1 aliphatic heterocycles. The highest BCUT2D eigenvalue weighted by Crippen LogP contribution is 2.23. The molecule has 1 aliphatic rings. The summed E-state index contributed by atoms with van der Waals surface area (Å²) in [5.74, 6) is -0.293. The molecule has 2 aromatic carbocycles. The normalized spacial score (nSPS) is 14.8. The molecule has 1 heterocycles. The Morgan fingerprint density at radius 3 is 2.50 bits per heavy atom. The number of nitrogens with one attached hydrogen (secondary N) is 2. The summed E-state index contributed by atoms with van der Waals surface area (Å²) >= 11 is 0. The lowest BCUT2D eigenvalue weighted by molar-refractivity contribution is -0.128. The summed E-state index contributed by atoms with van der Waals surface area (Å²) in [4.78, 5) is 26.5. The molecule has 0 unspecified atom stereocenters. The number of carbonyl (C=O) groups excluding carboxylic acids is 2. The number of para-hydroxylation sites is 1. The predicted octanol–water partition coefficient (Wildman–Crippen LogP) is 3.14. The van der Waals surface area contributed by atoms with Gasteiger partial charge in [-0.15, -0.1) is 0 Å². The summed E-state index contributed by atoms with van der Waals surface area (Å²) in [6.45, 7) is 6.44. The van der Waals surface area contributed by atoms with Gasteiger partial charge in [-0.05, 0) is 57.0 Å². The van der Waals surface area contributed by atoms with Crippen LogP contribution in [0.15, 0.2) is 53.4 Å². The summed E-state index contributed by atoms with van der Waals surface area (Å²) in [5.41, 5.74) is 0.805. The van der Waals surface area contributed by atoms with Crippen LogP contribution in [-0.4, -0.2) is 37.2 Å². The minimum Gasteiger partial charge on any atom is -0.338 e. The molecule has 0 spiro atoms. The second-order valence-electron chi connectivity index (χ2n) is 8.43. The minimum absolute atomic E-state index is 0.00657. The van der Waals surface area contributed by atoms with Gasteiger partial charge >= 0.3 is 0 Å². The molecule has 8 heteroatoms. The molecule has 2 amide bonds. The number of likely N-dealkylation sites (tertiary alicyclic amines) is 1. The molecule has 2 N–H and O–H groups in total. The summed E-state index contributed by atoms with van der Waals surface area (Å²) in [6.07, 6.45) is 1.42. The van der Waals surface area contributed by atoms with E-state index in [1.807, 2.05) is 6.07 Å². The lowest BCUT2D eigenvalue weighted by atomic mass is 10.1. The smallest absolute Gasteiger partial charge is 0.255 e. The molecular weight excluding hydrogens is 402 g/mol. The Balaban J connectivity index is 1.80. The number of rotatable bonds is 6. The van der Waals surface area contributed by atoms with Crippen molar-refractivity contribution in [3.05, 3.63) is 59.7 Å². The van der Waals surface area contributed by atoms with Crippen molar-refractivity contribution in [2.45, 2.75) is 50.6 Å². The van der Waals surface area contributed by atoms with Crippen molar-refractivity contribution < 1.29 is 18.0 Å². The van der Waals surface area contributed by atoms with Gasteiger partial charge in [-0.25, -0.2) is 13.1 Å². The van der Waals surface area contributed by atoms with Gasteiger partial charge in [0.05, 0.1) is 5.69 Å². The van der Waals surface area contributed by atoms with Crippen LogP contribution in [0, 0.1) is 0 Å². The second kappa shape index (κ2) is 8.57. The molecule has 0 atom stereocenters. The third-order valence-electron chi connectivity index (χ3n) is 4.60. The number of hydrogen-bond acceptors (Lipinski definition) is 4. The molecule has 0 aromatic heterocycles. The van der Waals surface area contributed by atoms with E-state index in [-0.39, 0.29) is 16.5 Å². The fourth-order valence-corrected chi connectivity index (χ4v) is 4.94. The lowest BCUT2D eigenvalue weighted by Gasteiger charge is -2.21. The van der Waals surface area contributed by atoms with Crippen molar-refractivity contribution in [2.75, 3.05) is 11.9 Å². The molecule has 3 rings (SSSR count). The highest BCUT2D eigenvalue weighted by atomic mass is 32.2. The average Bonchev–Trinajstić information content (AvgIpc) is 3.05. The zero-order chi connectivity index (χ0) is 21.9. The fraction of sp³-hybridized carbons (Fsp3) is 0.364. The fourth-order valence-electron chi connectivity index (χ4n) is 3.36. The van der Waals surface area contributed by atoms with E-state index in [0.717, 1.165) is 18.5 Å². The molecular formula is C22H27N3O4S. The van der Waals surface area contributed by atoms with Crippen molar-refractivity contribution >= 4 is 27.5 Å². The molecule has 1 fully saturated rings. The number of amides is 2. The minimum atomic E-state index is -3.82. The van der Waals surface area contributed by atoms with Gasteiger partial charge in [0.2, 0.25) is 15.9 Å². The largest absolute Gasteiger partial charge is 0.338 e. The van der Waals surface area contributed by atoms with E-state index in [1.54, 1.807) is 62.1 Å². The topological polar surface area (TPSA) is 95.6 Å². The first-order valence-electron chi connectivity index (χ1n) is 9.86. The summed E-state index contributed by atoms with van der Waals surface area (Å²) in [5, 5.41) is 2.71. The van der Waals surface area contributed by atoms with Gasteiger partial charge in [-0.1, -0.05) is 24.3 Å². The number of hydrogen-bond donors (Lipinski definition) is 2. The molecule has 1 saturated heterocycles. The van der Waals surface area contributed by atoms with Gasteiger partial charge in [-0.2, -0.15) is 0 Å². The average molecular weight is 430 g/mol. The Hall–Kier alpha value is -2.71. The van der Waals surface area contributed by atoms with Crippen molar-refractivity contribution in [3.8, 4) is 0 Å². The van der Waals surface area contributed by atoms with Crippen LogP contribution in [0.5, 0.6) is 0 Å². The highest BCUT2D eigenvalue weighted by Gasteiger charge is 2.25.